The van der Waals surface area contributed by atoms with Crippen molar-refractivity contribution in [1.29, 1.82) is 0 Å². The van der Waals surface area contributed by atoms with E-state index in [0.29, 0.717) is 0 Å². The van der Waals surface area contributed by atoms with Gasteiger partial charge in [0.25, 0.3) is 10.0 Å². The molecular formula is C13H9ClF3N5O2S. The predicted molar refractivity (Wildman–Crippen MR) is 81.4 cm³/mol. The van der Waals surface area contributed by atoms with Crippen molar-refractivity contribution in [2.45, 2.75) is 17.2 Å². The van der Waals surface area contributed by atoms with Gasteiger partial charge in [-0.1, -0.05) is 23.7 Å². The van der Waals surface area contributed by atoms with E-state index in [1.54, 1.807) is 4.72 Å². The Balaban J connectivity index is 1.98. The zero-order valence-electron chi connectivity index (χ0n) is 12.1. The summed E-state index contributed by atoms with van der Waals surface area (Å²) >= 11 is 5.66. The number of rotatable bonds is 4. The number of benzene rings is 1. The van der Waals surface area contributed by atoms with Crippen LogP contribution in [0.3, 0.4) is 0 Å². The number of nitrogens with one attached hydrogen (secondary N) is 1. The summed E-state index contributed by atoms with van der Waals surface area (Å²) in [7, 11) is -4.56. The number of hydrogen-bond acceptors (Lipinski definition) is 5. The third-order valence-electron chi connectivity index (χ3n) is 3.22. The minimum atomic E-state index is -4.86. The molecule has 3 aromatic rings. The highest BCUT2D eigenvalue weighted by molar-refractivity contribution is 7.89. The van der Waals surface area contributed by atoms with Gasteiger partial charge in [0.2, 0.25) is 0 Å². The average Bonchev–Trinajstić information content (AvgIpc) is 3.00. The van der Waals surface area contributed by atoms with E-state index in [-0.39, 0.29) is 16.2 Å². The quantitative estimate of drug-likeness (QED) is 0.737. The fraction of sp³-hybridized carbons (Fsp3) is 0.154. The van der Waals surface area contributed by atoms with Crippen molar-refractivity contribution in [3.63, 3.8) is 0 Å². The molecule has 12 heteroatoms. The first-order valence-corrected chi connectivity index (χ1v) is 8.54. The van der Waals surface area contributed by atoms with Crippen molar-refractivity contribution in [2.24, 2.45) is 0 Å². The van der Waals surface area contributed by atoms with Crippen LogP contribution in [-0.4, -0.2) is 34.4 Å². The average molecular weight is 392 g/mol. The topological polar surface area (TPSA) is 89.2 Å². The fourth-order valence-electron chi connectivity index (χ4n) is 2.05. The Morgan fingerprint density at radius 1 is 1.12 bits per heavy atom. The lowest BCUT2D eigenvalue weighted by Crippen LogP contribution is -2.38. The monoisotopic (exact) mass is 391 g/mol. The molecule has 1 aromatic carbocycles. The molecule has 1 atom stereocenters. The second-order valence-electron chi connectivity index (χ2n) is 4.95. The van der Waals surface area contributed by atoms with Crippen LogP contribution in [0, 0.1) is 0 Å². The first-order valence-electron chi connectivity index (χ1n) is 6.68. The van der Waals surface area contributed by atoms with Gasteiger partial charge in [0, 0.05) is 5.02 Å². The smallest absolute Gasteiger partial charge is 0.205 e. The molecular weight excluding hydrogens is 383 g/mol. The molecule has 0 aliphatic rings. The molecule has 3 rings (SSSR count). The third kappa shape index (κ3) is 3.72. The van der Waals surface area contributed by atoms with Gasteiger partial charge in [-0.3, -0.25) is 0 Å². The molecule has 0 spiro atoms. The van der Waals surface area contributed by atoms with Gasteiger partial charge in [0.15, 0.2) is 10.7 Å². The second-order valence-corrected chi connectivity index (χ2v) is 7.05. The number of aromatic nitrogens is 4. The van der Waals surface area contributed by atoms with E-state index < -0.39 is 27.3 Å². The van der Waals surface area contributed by atoms with Crippen molar-refractivity contribution in [3.8, 4) is 0 Å². The Morgan fingerprint density at radius 3 is 2.44 bits per heavy atom. The zero-order valence-corrected chi connectivity index (χ0v) is 13.7. The van der Waals surface area contributed by atoms with E-state index in [4.69, 9.17) is 11.6 Å². The van der Waals surface area contributed by atoms with Crippen LogP contribution in [0.5, 0.6) is 0 Å². The molecule has 0 unspecified atom stereocenters. The molecule has 0 aliphatic heterocycles. The lowest BCUT2D eigenvalue weighted by molar-refractivity contribution is -0.153. The predicted octanol–water partition coefficient (Wildman–Crippen LogP) is 2.36. The van der Waals surface area contributed by atoms with E-state index >= 15 is 0 Å². The number of hydrogen-bond donors (Lipinski definition) is 1. The normalized spacial score (nSPS) is 13.9. The molecule has 0 aliphatic carbocycles. The van der Waals surface area contributed by atoms with Crippen LogP contribution in [0.15, 0.2) is 47.8 Å². The van der Waals surface area contributed by atoms with Gasteiger partial charge in [-0.05, 0) is 29.8 Å². The summed E-state index contributed by atoms with van der Waals surface area (Å²) in [6.07, 6.45) is -3.73. The van der Waals surface area contributed by atoms with Crippen LogP contribution in [0.2, 0.25) is 5.02 Å². The van der Waals surface area contributed by atoms with Gasteiger partial charge in [0.1, 0.15) is 12.4 Å². The van der Waals surface area contributed by atoms with Crippen molar-refractivity contribution in [2.75, 3.05) is 0 Å². The molecule has 25 heavy (non-hydrogen) atoms. The number of alkyl halides is 3. The van der Waals surface area contributed by atoms with E-state index in [0.717, 1.165) is 29.0 Å². The summed E-state index contributed by atoms with van der Waals surface area (Å²) in [6.45, 7) is 0. The number of fused-ring (bicyclic) bond motifs is 1. The zero-order chi connectivity index (χ0) is 18.2. The number of sulfonamides is 1. The second kappa shape index (κ2) is 6.24. The van der Waals surface area contributed by atoms with Gasteiger partial charge in [0.05, 0.1) is 0 Å². The molecule has 0 amide bonds. The van der Waals surface area contributed by atoms with E-state index in [1.165, 1.54) is 18.2 Å². The maximum Gasteiger partial charge on any atom is 0.408 e. The largest absolute Gasteiger partial charge is 0.408 e. The van der Waals surface area contributed by atoms with Gasteiger partial charge < -0.3 is 0 Å². The van der Waals surface area contributed by atoms with Crippen molar-refractivity contribution in [3.05, 3.63) is 53.3 Å². The summed E-state index contributed by atoms with van der Waals surface area (Å²) < 4.78 is 67.4. The van der Waals surface area contributed by atoms with Crippen molar-refractivity contribution >= 4 is 27.3 Å². The van der Waals surface area contributed by atoms with E-state index in [2.05, 4.69) is 15.3 Å². The first-order chi connectivity index (χ1) is 11.7. The SMILES string of the molecule is O=S(=O)(N[C@H](c1ccc(Cl)cc1)C(F)(F)F)c1ccc2nncn2n1. The summed E-state index contributed by atoms with van der Waals surface area (Å²) in [5, 5.41) is 10.5. The number of halogens is 4. The van der Waals surface area contributed by atoms with Crippen molar-refractivity contribution in [1.82, 2.24) is 24.5 Å². The Morgan fingerprint density at radius 2 is 1.80 bits per heavy atom. The van der Waals surface area contributed by atoms with Crippen LogP contribution < -0.4 is 4.72 Å². The highest BCUT2D eigenvalue weighted by Crippen LogP contribution is 2.34. The van der Waals surface area contributed by atoms with Gasteiger partial charge in [-0.15, -0.1) is 10.2 Å². The van der Waals surface area contributed by atoms with Crippen LogP contribution in [0.25, 0.3) is 5.65 Å². The van der Waals surface area contributed by atoms with Gasteiger partial charge in [-0.2, -0.15) is 27.5 Å². The minimum Gasteiger partial charge on any atom is -0.205 e. The molecule has 0 saturated heterocycles. The molecule has 0 radical (unpaired) electrons. The Bertz CT molecular complexity index is 1000. The maximum absolute atomic E-state index is 13.4. The van der Waals surface area contributed by atoms with Gasteiger partial charge >= 0.3 is 6.18 Å². The Kier molecular flexibility index (Phi) is 4.39. The summed E-state index contributed by atoms with van der Waals surface area (Å²) in [6, 6.07) is 4.55. The minimum absolute atomic E-state index is 0.229. The van der Waals surface area contributed by atoms with E-state index in [1.807, 2.05) is 0 Å². The highest BCUT2D eigenvalue weighted by atomic mass is 35.5. The number of nitrogens with zero attached hydrogens (tertiary/aromatic N) is 4. The Labute approximate surface area is 144 Å². The summed E-state index contributed by atoms with van der Waals surface area (Å²) in [5.74, 6) is 0. The molecule has 0 fully saturated rings. The molecule has 1 N–H and O–H groups in total. The van der Waals surface area contributed by atoms with Crippen LogP contribution in [0.4, 0.5) is 13.2 Å². The Hall–Kier alpha value is -2.24. The van der Waals surface area contributed by atoms with Gasteiger partial charge in [-0.25, -0.2) is 8.42 Å². The third-order valence-corrected chi connectivity index (χ3v) is 4.78. The molecule has 0 bridgehead atoms. The summed E-state index contributed by atoms with van der Waals surface area (Å²) in [5.41, 5.74) is -0.0464. The fourth-order valence-corrected chi connectivity index (χ4v) is 3.32. The lowest BCUT2D eigenvalue weighted by Gasteiger charge is -2.21. The molecule has 7 nitrogen and oxygen atoms in total. The van der Waals surface area contributed by atoms with Crippen LogP contribution in [0.1, 0.15) is 11.6 Å². The maximum atomic E-state index is 13.4. The van der Waals surface area contributed by atoms with Crippen molar-refractivity contribution < 1.29 is 21.6 Å². The van der Waals surface area contributed by atoms with E-state index in [9.17, 15) is 21.6 Å². The standard InChI is InChI=1S/C13H9ClF3N5O2S/c14-9-3-1-8(2-4-9)12(13(15,16)17)21-25(23,24)11-6-5-10-19-18-7-22(10)20-11/h1-7,12,21H/t12-/m1/s1. The molecule has 0 saturated carbocycles. The molecule has 132 valence electrons. The van der Waals surface area contributed by atoms with Crippen LogP contribution in [-0.2, 0) is 10.0 Å². The highest BCUT2D eigenvalue weighted by Gasteiger charge is 2.43. The molecule has 2 heterocycles. The van der Waals surface area contributed by atoms with Crippen LogP contribution >= 0.6 is 11.6 Å². The summed E-state index contributed by atoms with van der Waals surface area (Å²) in [4.78, 5) is 0. The molecule has 2 aromatic heterocycles. The first kappa shape index (κ1) is 17.6. The lowest BCUT2D eigenvalue weighted by atomic mass is 10.1.